The average Bonchev–Trinajstić information content (AvgIpc) is 2.60. The van der Waals surface area contributed by atoms with E-state index in [4.69, 9.17) is 9.47 Å². The molecule has 0 N–H and O–H groups in total. The third-order valence-corrected chi connectivity index (χ3v) is 4.31. The second-order valence-corrected chi connectivity index (χ2v) is 6.55. The molecular weight excluding hydrogens is 304 g/mol. The van der Waals surface area contributed by atoms with Crippen LogP contribution in [0, 0.1) is 0 Å². The minimum Gasteiger partial charge on any atom is -0.486 e. The van der Waals surface area contributed by atoms with Gasteiger partial charge < -0.3 is 9.47 Å². The lowest BCUT2D eigenvalue weighted by atomic mass is 10.1. The molecule has 0 aliphatic carbocycles. The number of rotatable bonds is 16. The average molecular weight is 338 g/mol. The Hall–Kier alpha value is -1.32. The summed E-state index contributed by atoms with van der Waals surface area (Å²) in [6.07, 6.45) is 14.0. The molecule has 0 aromatic heterocycles. The second kappa shape index (κ2) is 13.0. The zero-order chi connectivity index (χ0) is 17.6. The van der Waals surface area contributed by atoms with Gasteiger partial charge in [0.2, 0.25) is 11.5 Å². The summed E-state index contributed by atoms with van der Waals surface area (Å²) < 4.78 is 10.9. The summed E-state index contributed by atoms with van der Waals surface area (Å²) in [5.41, 5.74) is -1.06. The molecule has 24 heavy (non-hydrogen) atoms. The van der Waals surface area contributed by atoms with Gasteiger partial charge in [-0.3, -0.25) is 9.59 Å². The maximum absolute atomic E-state index is 11.6. The monoisotopic (exact) mass is 338 g/mol. The highest BCUT2D eigenvalue weighted by atomic mass is 16.5. The van der Waals surface area contributed by atoms with Crippen LogP contribution < -0.4 is 20.3 Å². The maximum atomic E-state index is 11.6. The smallest absolute Gasteiger partial charge is 0.275 e. The van der Waals surface area contributed by atoms with Crippen molar-refractivity contribution in [1.29, 1.82) is 0 Å². The molecule has 0 bridgehead atoms. The van der Waals surface area contributed by atoms with Crippen LogP contribution in [-0.4, -0.2) is 13.2 Å². The molecule has 0 spiro atoms. The fraction of sp³-hybridized carbons (Fsp3) is 0.800. The van der Waals surface area contributed by atoms with Crippen molar-refractivity contribution in [3.8, 4) is 11.5 Å². The predicted molar refractivity (Wildman–Crippen MR) is 99.1 cm³/mol. The van der Waals surface area contributed by atoms with Crippen molar-refractivity contribution in [3.63, 3.8) is 0 Å². The van der Waals surface area contributed by atoms with Crippen LogP contribution in [0.2, 0.25) is 0 Å². The maximum Gasteiger partial charge on any atom is 0.275 e. The van der Waals surface area contributed by atoms with Crippen molar-refractivity contribution in [2.45, 2.75) is 90.9 Å². The zero-order valence-corrected chi connectivity index (χ0v) is 15.5. The van der Waals surface area contributed by atoms with E-state index in [9.17, 15) is 9.59 Å². The van der Waals surface area contributed by atoms with E-state index in [1.165, 1.54) is 51.4 Å². The van der Waals surface area contributed by atoms with Gasteiger partial charge in [0.05, 0.1) is 13.2 Å². The summed E-state index contributed by atoms with van der Waals surface area (Å²) in [5.74, 6) is 0.305. The van der Waals surface area contributed by atoms with Gasteiger partial charge in [0, 0.05) is 0 Å². The standard InChI is InChI=1S/C20H34O4/c1-3-5-7-9-11-13-15-23-19-17(21)18(22)20(19)24-16-14-12-10-8-6-4-2/h3-16H2,1-2H3. The molecule has 0 saturated carbocycles. The highest BCUT2D eigenvalue weighted by Crippen LogP contribution is 2.21. The van der Waals surface area contributed by atoms with Crippen molar-refractivity contribution in [2.75, 3.05) is 13.2 Å². The Morgan fingerprint density at radius 1 is 0.542 bits per heavy atom. The van der Waals surface area contributed by atoms with Crippen LogP contribution in [0.3, 0.4) is 0 Å². The lowest BCUT2D eigenvalue weighted by Crippen LogP contribution is -2.34. The highest BCUT2D eigenvalue weighted by Gasteiger charge is 2.24. The Morgan fingerprint density at radius 2 is 0.875 bits per heavy atom. The molecule has 0 radical (unpaired) electrons. The number of hydrogen-bond acceptors (Lipinski definition) is 4. The van der Waals surface area contributed by atoms with E-state index >= 15 is 0 Å². The van der Waals surface area contributed by atoms with Crippen LogP contribution >= 0.6 is 0 Å². The molecule has 1 rings (SSSR count). The lowest BCUT2D eigenvalue weighted by Gasteiger charge is -2.13. The molecule has 1 aromatic rings. The molecule has 138 valence electrons. The first kappa shape index (κ1) is 20.7. The summed E-state index contributed by atoms with van der Waals surface area (Å²) in [6, 6.07) is 0. The molecule has 4 heteroatoms. The van der Waals surface area contributed by atoms with E-state index < -0.39 is 10.9 Å². The summed E-state index contributed by atoms with van der Waals surface area (Å²) in [7, 11) is 0. The Bertz CT molecular complexity index is 454. The van der Waals surface area contributed by atoms with Crippen molar-refractivity contribution in [1.82, 2.24) is 0 Å². The van der Waals surface area contributed by atoms with Gasteiger partial charge in [-0.25, -0.2) is 0 Å². The minimum atomic E-state index is -0.529. The fourth-order valence-electron chi connectivity index (χ4n) is 2.73. The molecule has 0 amide bonds. The summed E-state index contributed by atoms with van der Waals surface area (Å²) in [6.45, 7) is 5.37. The van der Waals surface area contributed by atoms with Crippen LogP contribution in [0.1, 0.15) is 90.9 Å². The summed E-state index contributed by atoms with van der Waals surface area (Å²) in [5, 5.41) is 0. The van der Waals surface area contributed by atoms with Gasteiger partial charge in [0.1, 0.15) is 0 Å². The summed E-state index contributed by atoms with van der Waals surface area (Å²) >= 11 is 0. The Morgan fingerprint density at radius 3 is 1.25 bits per heavy atom. The van der Waals surface area contributed by atoms with E-state index in [-0.39, 0.29) is 11.5 Å². The van der Waals surface area contributed by atoms with Crippen LogP contribution in [-0.2, 0) is 0 Å². The Kier molecular flexibility index (Phi) is 11.2. The highest BCUT2D eigenvalue weighted by molar-refractivity contribution is 5.45. The van der Waals surface area contributed by atoms with Crippen molar-refractivity contribution >= 4 is 0 Å². The number of ether oxygens (including phenoxy) is 2. The van der Waals surface area contributed by atoms with Crippen LogP contribution in [0.15, 0.2) is 9.59 Å². The van der Waals surface area contributed by atoms with Gasteiger partial charge in [-0.05, 0) is 12.8 Å². The van der Waals surface area contributed by atoms with Crippen LogP contribution in [0.5, 0.6) is 11.5 Å². The molecule has 0 unspecified atom stereocenters. The van der Waals surface area contributed by atoms with Gasteiger partial charge in [-0.2, -0.15) is 0 Å². The van der Waals surface area contributed by atoms with E-state index in [0.29, 0.717) is 13.2 Å². The molecule has 4 nitrogen and oxygen atoms in total. The van der Waals surface area contributed by atoms with E-state index in [0.717, 1.165) is 25.7 Å². The van der Waals surface area contributed by atoms with Crippen molar-refractivity contribution in [3.05, 3.63) is 20.4 Å². The predicted octanol–water partition coefficient (Wildman–Crippen LogP) is 4.76. The topological polar surface area (TPSA) is 52.6 Å². The van der Waals surface area contributed by atoms with Gasteiger partial charge in [0.25, 0.3) is 10.9 Å². The molecule has 0 aliphatic rings. The first-order valence-electron chi connectivity index (χ1n) is 9.81. The first-order chi connectivity index (χ1) is 11.7. The van der Waals surface area contributed by atoms with Crippen molar-refractivity contribution in [2.24, 2.45) is 0 Å². The first-order valence-corrected chi connectivity index (χ1v) is 9.81. The lowest BCUT2D eigenvalue weighted by molar-refractivity contribution is 0.247. The van der Waals surface area contributed by atoms with E-state index in [2.05, 4.69) is 13.8 Å². The minimum absolute atomic E-state index is 0.152. The molecular formula is C20H34O4. The third-order valence-electron chi connectivity index (χ3n) is 4.31. The van der Waals surface area contributed by atoms with E-state index in [1.54, 1.807) is 0 Å². The quantitative estimate of drug-likeness (QED) is 0.322. The molecule has 0 atom stereocenters. The number of unbranched alkanes of at least 4 members (excludes halogenated alkanes) is 10. The normalized spacial score (nSPS) is 11.1. The Balaban J connectivity index is 2.17. The van der Waals surface area contributed by atoms with Gasteiger partial charge in [-0.1, -0.05) is 78.1 Å². The van der Waals surface area contributed by atoms with Gasteiger partial charge in [0.15, 0.2) is 0 Å². The second-order valence-electron chi connectivity index (χ2n) is 6.55. The van der Waals surface area contributed by atoms with Gasteiger partial charge >= 0.3 is 0 Å². The molecule has 0 saturated heterocycles. The molecule has 1 aromatic carbocycles. The third kappa shape index (κ3) is 7.50. The van der Waals surface area contributed by atoms with Crippen molar-refractivity contribution < 1.29 is 9.47 Å². The van der Waals surface area contributed by atoms with Crippen LogP contribution in [0.25, 0.3) is 0 Å². The molecule has 0 aliphatic heterocycles. The summed E-state index contributed by atoms with van der Waals surface area (Å²) in [4.78, 5) is 23.1. The van der Waals surface area contributed by atoms with E-state index in [1.807, 2.05) is 0 Å². The Labute approximate surface area is 146 Å². The SMILES string of the molecule is CCCCCCCCOc1c(OCCCCCCCC)c(=O)c1=O. The van der Waals surface area contributed by atoms with Crippen LogP contribution in [0.4, 0.5) is 0 Å². The fourth-order valence-corrected chi connectivity index (χ4v) is 2.73. The largest absolute Gasteiger partial charge is 0.486 e. The zero-order valence-electron chi connectivity index (χ0n) is 15.5. The van der Waals surface area contributed by atoms with Gasteiger partial charge in [-0.15, -0.1) is 0 Å². The number of hydrogen-bond donors (Lipinski definition) is 0. The molecule has 0 heterocycles. The molecule has 0 fully saturated rings.